The molecule has 110 valence electrons. The standard InChI is InChI=1S/C15H28N2O2/c18-13-12-16-8-10-17(11-9-16)15(19)14-6-4-2-1-3-5-7-14/h14,18H,1-13H2. The highest BCUT2D eigenvalue weighted by molar-refractivity contribution is 5.79. The number of aliphatic hydroxyl groups excluding tert-OH is 1. The van der Waals surface area contributed by atoms with Gasteiger partial charge in [-0.3, -0.25) is 9.69 Å². The van der Waals surface area contributed by atoms with E-state index in [0.717, 1.165) is 45.6 Å². The van der Waals surface area contributed by atoms with E-state index < -0.39 is 0 Å². The van der Waals surface area contributed by atoms with Crippen molar-refractivity contribution in [1.82, 2.24) is 9.80 Å². The van der Waals surface area contributed by atoms with Crippen LogP contribution in [0.1, 0.15) is 44.9 Å². The summed E-state index contributed by atoms with van der Waals surface area (Å²) < 4.78 is 0. The molecule has 4 nitrogen and oxygen atoms in total. The molecular weight excluding hydrogens is 240 g/mol. The summed E-state index contributed by atoms with van der Waals surface area (Å²) in [6.45, 7) is 4.48. The van der Waals surface area contributed by atoms with Crippen LogP contribution < -0.4 is 0 Å². The largest absolute Gasteiger partial charge is 0.395 e. The van der Waals surface area contributed by atoms with Crippen LogP contribution in [0.4, 0.5) is 0 Å². The zero-order valence-electron chi connectivity index (χ0n) is 12.0. The third-order valence-electron chi connectivity index (χ3n) is 4.55. The van der Waals surface area contributed by atoms with E-state index in [2.05, 4.69) is 9.80 Å². The fraction of sp³-hybridized carbons (Fsp3) is 0.933. The minimum Gasteiger partial charge on any atom is -0.395 e. The summed E-state index contributed by atoms with van der Waals surface area (Å²) in [7, 11) is 0. The normalized spacial score (nSPS) is 23.9. The third kappa shape index (κ3) is 4.46. The molecule has 0 spiro atoms. The molecule has 1 aliphatic carbocycles. The molecule has 1 aliphatic heterocycles. The summed E-state index contributed by atoms with van der Waals surface area (Å²) in [6, 6.07) is 0. The Morgan fingerprint density at radius 3 is 2.11 bits per heavy atom. The SMILES string of the molecule is O=C(C1CCCCCCC1)N1CCN(CCO)CC1. The van der Waals surface area contributed by atoms with Gasteiger partial charge in [-0.2, -0.15) is 0 Å². The van der Waals surface area contributed by atoms with Crippen LogP contribution in [-0.4, -0.2) is 60.1 Å². The first-order valence-electron chi connectivity index (χ1n) is 7.93. The zero-order chi connectivity index (χ0) is 13.5. The molecule has 2 rings (SSSR count). The first-order valence-corrected chi connectivity index (χ1v) is 7.93. The van der Waals surface area contributed by atoms with Gasteiger partial charge in [0.1, 0.15) is 0 Å². The van der Waals surface area contributed by atoms with Crippen molar-refractivity contribution in [2.45, 2.75) is 44.9 Å². The van der Waals surface area contributed by atoms with Crippen LogP contribution in [0.25, 0.3) is 0 Å². The lowest BCUT2D eigenvalue weighted by Gasteiger charge is -2.36. The van der Waals surface area contributed by atoms with Crippen molar-refractivity contribution in [1.29, 1.82) is 0 Å². The second kappa shape index (κ2) is 7.85. The van der Waals surface area contributed by atoms with Crippen molar-refractivity contribution in [2.75, 3.05) is 39.3 Å². The molecule has 2 fully saturated rings. The Morgan fingerprint density at radius 1 is 0.947 bits per heavy atom. The monoisotopic (exact) mass is 268 g/mol. The van der Waals surface area contributed by atoms with Crippen LogP contribution in [0.5, 0.6) is 0 Å². The quantitative estimate of drug-likeness (QED) is 0.843. The van der Waals surface area contributed by atoms with Crippen LogP contribution >= 0.6 is 0 Å². The Labute approximate surface area is 116 Å². The van der Waals surface area contributed by atoms with E-state index in [0.29, 0.717) is 5.91 Å². The van der Waals surface area contributed by atoms with Crippen molar-refractivity contribution < 1.29 is 9.90 Å². The number of nitrogens with zero attached hydrogens (tertiary/aromatic N) is 2. The first kappa shape index (κ1) is 14.8. The molecule has 2 aliphatic rings. The van der Waals surface area contributed by atoms with Crippen LogP contribution in [0.15, 0.2) is 0 Å². The van der Waals surface area contributed by atoms with E-state index in [1.54, 1.807) is 0 Å². The Bertz CT molecular complexity index is 267. The van der Waals surface area contributed by atoms with Gasteiger partial charge in [0.05, 0.1) is 6.61 Å². The number of rotatable bonds is 3. The van der Waals surface area contributed by atoms with Gasteiger partial charge >= 0.3 is 0 Å². The molecule has 1 heterocycles. The number of carbonyl (C=O) groups is 1. The molecule has 0 unspecified atom stereocenters. The van der Waals surface area contributed by atoms with E-state index in [1.807, 2.05) is 0 Å². The smallest absolute Gasteiger partial charge is 0.225 e. The van der Waals surface area contributed by atoms with Gasteiger partial charge in [0, 0.05) is 38.6 Å². The van der Waals surface area contributed by atoms with Gasteiger partial charge in [-0.25, -0.2) is 0 Å². The average molecular weight is 268 g/mol. The van der Waals surface area contributed by atoms with E-state index in [1.165, 1.54) is 32.1 Å². The Hall–Kier alpha value is -0.610. The fourth-order valence-corrected chi connectivity index (χ4v) is 3.29. The highest BCUT2D eigenvalue weighted by atomic mass is 16.3. The van der Waals surface area contributed by atoms with E-state index in [-0.39, 0.29) is 12.5 Å². The lowest BCUT2D eigenvalue weighted by atomic mass is 9.90. The average Bonchev–Trinajstić information content (AvgIpc) is 2.39. The zero-order valence-corrected chi connectivity index (χ0v) is 12.0. The third-order valence-corrected chi connectivity index (χ3v) is 4.55. The van der Waals surface area contributed by atoms with Crippen molar-refractivity contribution in [3.05, 3.63) is 0 Å². The molecule has 1 amide bonds. The van der Waals surface area contributed by atoms with Crippen molar-refractivity contribution in [3.63, 3.8) is 0 Å². The minimum absolute atomic E-state index is 0.219. The number of piperazine rings is 1. The predicted molar refractivity (Wildman–Crippen MR) is 75.9 cm³/mol. The van der Waals surface area contributed by atoms with Gasteiger partial charge < -0.3 is 10.0 Å². The number of hydrogen-bond donors (Lipinski definition) is 1. The van der Waals surface area contributed by atoms with Gasteiger partial charge in [-0.05, 0) is 12.8 Å². The maximum Gasteiger partial charge on any atom is 0.225 e. The molecule has 0 atom stereocenters. The summed E-state index contributed by atoms with van der Waals surface area (Å²) in [5.41, 5.74) is 0. The number of amides is 1. The van der Waals surface area contributed by atoms with Crippen molar-refractivity contribution >= 4 is 5.91 Å². The molecule has 0 aromatic heterocycles. The number of aliphatic hydroxyl groups is 1. The first-order chi connectivity index (χ1) is 9.31. The van der Waals surface area contributed by atoms with Gasteiger partial charge in [0.15, 0.2) is 0 Å². The second-order valence-electron chi connectivity index (χ2n) is 5.93. The fourth-order valence-electron chi connectivity index (χ4n) is 3.29. The Kier molecular flexibility index (Phi) is 6.11. The van der Waals surface area contributed by atoms with Crippen LogP contribution in [0.3, 0.4) is 0 Å². The van der Waals surface area contributed by atoms with Crippen LogP contribution in [0.2, 0.25) is 0 Å². The lowest BCUT2D eigenvalue weighted by Crippen LogP contribution is -2.50. The van der Waals surface area contributed by atoms with Gasteiger partial charge in [-0.15, -0.1) is 0 Å². The molecule has 1 N–H and O–H groups in total. The lowest BCUT2D eigenvalue weighted by molar-refractivity contribution is -0.138. The number of hydrogen-bond acceptors (Lipinski definition) is 3. The molecule has 1 saturated carbocycles. The second-order valence-corrected chi connectivity index (χ2v) is 5.93. The van der Waals surface area contributed by atoms with E-state index >= 15 is 0 Å². The molecule has 0 aromatic rings. The summed E-state index contributed by atoms with van der Waals surface area (Å²) >= 11 is 0. The van der Waals surface area contributed by atoms with Gasteiger partial charge in [0.2, 0.25) is 5.91 Å². The molecule has 1 saturated heterocycles. The molecular formula is C15H28N2O2. The maximum atomic E-state index is 12.5. The van der Waals surface area contributed by atoms with Crippen molar-refractivity contribution in [2.24, 2.45) is 5.92 Å². The topological polar surface area (TPSA) is 43.8 Å². The van der Waals surface area contributed by atoms with Gasteiger partial charge in [0.25, 0.3) is 0 Å². The number of β-amino-alcohol motifs (C(OH)–C–C–N with tert-alkyl or cyclic N) is 1. The Balaban J connectivity index is 1.79. The highest BCUT2D eigenvalue weighted by Crippen LogP contribution is 2.24. The minimum atomic E-state index is 0.219. The van der Waals surface area contributed by atoms with Crippen LogP contribution in [0, 0.1) is 5.92 Å². The molecule has 19 heavy (non-hydrogen) atoms. The van der Waals surface area contributed by atoms with E-state index in [9.17, 15) is 4.79 Å². The van der Waals surface area contributed by atoms with Gasteiger partial charge in [-0.1, -0.05) is 32.1 Å². The highest BCUT2D eigenvalue weighted by Gasteiger charge is 2.27. The Morgan fingerprint density at radius 2 is 1.53 bits per heavy atom. The maximum absolute atomic E-state index is 12.5. The molecule has 0 aromatic carbocycles. The van der Waals surface area contributed by atoms with E-state index in [4.69, 9.17) is 5.11 Å². The predicted octanol–water partition coefficient (Wildman–Crippen LogP) is 1.48. The number of carbonyl (C=O) groups excluding carboxylic acids is 1. The van der Waals surface area contributed by atoms with Crippen LogP contribution in [-0.2, 0) is 4.79 Å². The summed E-state index contributed by atoms with van der Waals surface area (Å²) in [4.78, 5) is 16.8. The van der Waals surface area contributed by atoms with Crippen molar-refractivity contribution in [3.8, 4) is 0 Å². The summed E-state index contributed by atoms with van der Waals surface area (Å²) in [5.74, 6) is 0.676. The molecule has 4 heteroatoms. The molecule has 0 radical (unpaired) electrons. The summed E-state index contributed by atoms with van der Waals surface area (Å²) in [6.07, 6.45) is 8.58. The molecule has 0 bridgehead atoms. The summed E-state index contributed by atoms with van der Waals surface area (Å²) in [5, 5.41) is 8.93.